The molecule has 0 aromatic heterocycles. The van der Waals surface area contributed by atoms with E-state index in [4.69, 9.17) is 5.11 Å². The number of carbonyl (C=O) groups excluding carboxylic acids is 1. The maximum Gasteiger partial charge on any atom is 0.305 e. The summed E-state index contributed by atoms with van der Waals surface area (Å²) in [6, 6.07) is 0. The summed E-state index contributed by atoms with van der Waals surface area (Å²) >= 11 is 0. The van der Waals surface area contributed by atoms with Gasteiger partial charge in [0.05, 0.1) is 6.42 Å². The molecule has 1 aliphatic rings. The van der Waals surface area contributed by atoms with Crippen molar-refractivity contribution in [2.45, 2.75) is 77.2 Å². The van der Waals surface area contributed by atoms with Crippen LogP contribution in [0.5, 0.6) is 0 Å². The molecule has 0 bridgehead atoms. The normalized spacial score (nSPS) is 17.2. The lowest BCUT2D eigenvalue weighted by molar-refractivity contribution is -0.139. The Hall–Kier alpha value is -1.06. The lowest BCUT2D eigenvalue weighted by Gasteiger charge is -2.32. The van der Waals surface area contributed by atoms with E-state index in [-0.39, 0.29) is 12.3 Å². The second-order valence-corrected chi connectivity index (χ2v) is 5.81. The molecule has 2 N–H and O–H groups in total. The van der Waals surface area contributed by atoms with Crippen molar-refractivity contribution >= 4 is 11.9 Å². The van der Waals surface area contributed by atoms with Gasteiger partial charge in [-0.1, -0.05) is 33.1 Å². The maximum absolute atomic E-state index is 12.1. The smallest absolute Gasteiger partial charge is 0.305 e. The third-order valence-electron chi connectivity index (χ3n) is 4.45. The molecule has 0 atom stereocenters. The minimum absolute atomic E-state index is 0.0103. The number of hydrogen-bond donors (Lipinski definition) is 2. The van der Waals surface area contributed by atoms with Crippen LogP contribution in [0.4, 0.5) is 0 Å². The predicted molar refractivity (Wildman–Crippen MR) is 74.9 cm³/mol. The fourth-order valence-electron chi connectivity index (χ4n) is 3.01. The fourth-order valence-corrected chi connectivity index (χ4v) is 3.01. The molecule has 110 valence electrons. The van der Waals surface area contributed by atoms with Gasteiger partial charge in [0, 0.05) is 12.0 Å². The fraction of sp³-hybridized carbons (Fsp3) is 0.867. The highest BCUT2D eigenvalue weighted by molar-refractivity contribution is 5.78. The van der Waals surface area contributed by atoms with Crippen molar-refractivity contribution in [2.24, 2.45) is 5.92 Å². The molecular formula is C15H27NO3. The van der Waals surface area contributed by atoms with Crippen molar-refractivity contribution in [2.75, 3.05) is 0 Å². The lowest BCUT2D eigenvalue weighted by Crippen LogP contribution is -2.49. The first kappa shape index (κ1) is 16.0. The highest BCUT2D eigenvalue weighted by Crippen LogP contribution is 2.27. The Morgan fingerprint density at radius 2 is 1.74 bits per heavy atom. The molecule has 4 nitrogen and oxygen atoms in total. The van der Waals surface area contributed by atoms with Crippen molar-refractivity contribution in [3.63, 3.8) is 0 Å². The van der Waals surface area contributed by atoms with E-state index >= 15 is 0 Å². The largest absolute Gasteiger partial charge is 0.481 e. The summed E-state index contributed by atoms with van der Waals surface area (Å²) in [5.41, 5.74) is -0.572. The quantitative estimate of drug-likeness (QED) is 0.746. The van der Waals surface area contributed by atoms with Crippen molar-refractivity contribution in [3.05, 3.63) is 0 Å². The van der Waals surface area contributed by atoms with Crippen molar-refractivity contribution < 1.29 is 14.7 Å². The summed E-state index contributed by atoms with van der Waals surface area (Å²) < 4.78 is 0. The zero-order valence-corrected chi connectivity index (χ0v) is 12.2. The number of carboxylic acids is 1. The van der Waals surface area contributed by atoms with Crippen LogP contribution in [0.3, 0.4) is 0 Å². The molecule has 1 fully saturated rings. The maximum atomic E-state index is 12.1. The SMILES string of the molecule is CCC(CC)(CC(=O)O)NC(=O)CC1CCCCC1. The molecule has 19 heavy (non-hydrogen) atoms. The zero-order chi connectivity index (χ0) is 14.3. The van der Waals surface area contributed by atoms with Gasteiger partial charge >= 0.3 is 5.97 Å². The average molecular weight is 269 g/mol. The van der Waals surface area contributed by atoms with E-state index in [1.807, 2.05) is 13.8 Å². The molecule has 1 saturated carbocycles. The molecule has 1 aliphatic carbocycles. The van der Waals surface area contributed by atoms with E-state index in [1.54, 1.807) is 0 Å². The molecule has 0 spiro atoms. The number of nitrogens with one attached hydrogen (secondary N) is 1. The van der Waals surface area contributed by atoms with Gasteiger partial charge in [-0.2, -0.15) is 0 Å². The van der Waals surface area contributed by atoms with Crippen LogP contribution in [0.2, 0.25) is 0 Å². The standard InChI is InChI=1S/C15H27NO3/c1-3-15(4-2,11-14(18)19)16-13(17)10-12-8-6-5-7-9-12/h12H,3-11H2,1-2H3,(H,16,17)(H,18,19). The Morgan fingerprint density at radius 1 is 1.16 bits per heavy atom. The number of amides is 1. The second kappa shape index (κ2) is 7.51. The first-order chi connectivity index (χ1) is 9.01. The number of aliphatic carboxylic acids is 1. The predicted octanol–water partition coefficient (Wildman–Crippen LogP) is 3.11. The van der Waals surface area contributed by atoms with Gasteiger partial charge in [0.1, 0.15) is 0 Å². The van der Waals surface area contributed by atoms with Crippen LogP contribution in [0.15, 0.2) is 0 Å². The summed E-state index contributed by atoms with van der Waals surface area (Å²) in [5, 5.41) is 12.0. The summed E-state index contributed by atoms with van der Waals surface area (Å²) in [6.45, 7) is 3.88. The van der Waals surface area contributed by atoms with Crippen LogP contribution in [-0.4, -0.2) is 22.5 Å². The van der Waals surface area contributed by atoms with Gasteiger partial charge in [0.2, 0.25) is 5.91 Å². The molecule has 1 rings (SSSR count). The van der Waals surface area contributed by atoms with Gasteiger partial charge in [0.25, 0.3) is 0 Å². The summed E-state index contributed by atoms with van der Waals surface area (Å²) in [5.74, 6) is -0.330. The molecule has 0 saturated heterocycles. The monoisotopic (exact) mass is 269 g/mol. The third-order valence-corrected chi connectivity index (χ3v) is 4.45. The van der Waals surface area contributed by atoms with Gasteiger partial charge < -0.3 is 10.4 Å². The first-order valence-electron chi connectivity index (χ1n) is 7.54. The summed E-state index contributed by atoms with van der Waals surface area (Å²) in [7, 11) is 0. The minimum Gasteiger partial charge on any atom is -0.481 e. The number of rotatable bonds is 7. The van der Waals surface area contributed by atoms with E-state index in [0.717, 1.165) is 12.8 Å². The highest BCUT2D eigenvalue weighted by Gasteiger charge is 2.31. The lowest BCUT2D eigenvalue weighted by atomic mass is 9.85. The molecule has 0 aromatic carbocycles. The van der Waals surface area contributed by atoms with Crippen LogP contribution >= 0.6 is 0 Å². The van der Waals surface area contributed by atoms with Gasteiger partial charge in [-0.15, -0.1) is 0 Å². The highest BCUT2D eigenvalue weighted by atomic mass is 16.4. The zero-order valence-electron chi connectivity index (χ0n) is 12.2. The third kappa shape index (κ3) is 5.21. The molecule has 1 amide bonds. The number of carboxylic acid groups (broad SMARTS) is 1. The van der Waals surface area contributed by atoms with Crippen LogP contribution in [0.1, 0.15) is 71.6 Å². The van der Waals surface area contributed by atoms with Gasteiger partial charge in [-0.05, 0) is 31.6 Å². The second-order valence-electron chi connectivity index (χ2n) is 5.81. The van der Waals surface area contributed by atoms with Crippen molar-refractivity contribution in [3.8, 4) is 0 Å². The van der Waals surface area contributed by atoms with Crippen molar-refractivity contribution in [1.29, 1.82) is 0 Å². The van der Waals surface area contributed by atoms with E-state index in [1.165, 1.54) is 19.3 Å². The Morgan fingerprint density at radius 3 is 2.21 bits per heavy atom. The molecule has 0 heterocycles. The molecule has 0 radical (unpaired) electrons. The Labute approximate surface area is 116 Å². The van der Waals surface area contributed by atoms with Gasteiger partial charge in [-0.25, -0.2) is 0 Å². The van der Waals surface area contributed by atoms with E-state index in [0.29, 0.717) is 25.2 Å². The van der Waals surface area contributed by atoms with Crippen LogP contribution < -0.4 is 5.32 Å². The molecule has 0 aliphatic heterocycles. The van der Waals surface area contributed by atoms with E-state index < -0.39 is 11.5 Å². The van der Waals surface area contributed by atoms with E-state index in [2.05, 4.69) is 5.32 Å². The molecule has 0 aromatic rings. The average Bonchev–Trinajstić information content (AvgIpc) is 2.38. The Kier molecular flexibility index (Phi) is 6.32. The molecular weight excluding hydrogens is 242 g/mol. The summed E-state index contributed by atoms with van der Waals surface area (Å²) in [4.78, 5) is 23.1. The first-order valence-corrected chi connectivity index (χ1v) is 7.54. The molecule has 0 unspecified atom stereocenters. The Balaban J connectivity index is 2.52. The van der Waals surface area contributed by atoms with Gasteiger partial charge in [-0.3, -0.25) is 9.59 Å². The van der Waals surface area contributed by atoms with Crippen molar-refractivity contribution in [1.82, 2.24) is 5.32 Å². The van der Waals surface area contributed by atoms with Crippen LogP contribution in [0.25, 0.3) is 0 Å². The summed E-state index contributed by atoms with van der Waals surface area (Å²) in [6.07, 6.45) is 7.88. The van der Waals surface area contributed by atoms with Gasteiger partial charge in [0.15, 0.2) is 0 Å². The number of hydrogen-bond acceptors (Lipinski definition) is 2. The van der Waals surface area contributed by atoms with Crippen LogP contribution in [0, 0.1) is 5.92 Å². The topological polar surface area (TPSA) is 66.4 Å². The van der Waals surface area contributed by atoms with E-state index in [9.17, 15) is 9.59 Å². The Bertz CT molecular complexity index is 305. The number of carbonyl (C=O) groups is 2. The molecule has 4 heteroatoms. The minimum atomic E-state index is -0.846. The van der Waals surface area contributed by atoms with Crippen LogP contribution in [-0.2, 0) is 9.59 Å².